The predicted octanol–water partition coefficient (Wildman–Crippen LogP) is 4.37. The molecular formula is C22H31N3O. The zero-order valence-corrected chi connectivity index (χ0v) is 16.3. The molecule has 1 aliphatic carbocycles. The minimum Gasteiger partial charge on any atom is -0.371 e. The fraction of sp³-hybridized carbons (Fsp3) is 0.636. The number of carbonyl (C=O) groups excluding carboxylic acids is 1. The van der Waals surface area contributed by atoms with Gasteiger partial charge in [-0.1, -0.05) is 32.9 Å². The number of piperidine rings is 1. The summed E-state index contributed by atoms with van der Waals surface area (Å²) in [5.74, 6) is 0.974. The molecule has 1 aromatic rings. The summed E-state index contributed by atoms with van der Waals surface area (Å²) in [6.45, 7) is 8.68. The molecule has 2 fully saturated rings. The van der Waals surface area contributed by atoms with Crippen molar-refractivity contribution in [1.29, 1.82) is 5.26 Å². The highest BCUT2D eigenvalue weighted by Gasteiger charge is 2.47. The van der Waals surface area contributed by atoms with Gasteiger partial charge in [-0.2, -0.15) is 5.26 Å². The number of amides is 1. The van der Waals surface area contributed by atoms with E-state index in [1.165, 1.54) is 0 Å². The van der Waals surface area contributed by atoms with Crippen molar-refractivity contribution in [2.45, 2.75) is 64.8 Å². The first kappa shape index (κ1) is 18.8. The van der Waals surface area contributed by atoms with Gasteiger partial charge in [-0.15, -0.1) is 0 Å². The molecule has 0 aromatic heterocycles. The normalized spacial score (nSPS) is 20.2. The molecule has 140 valence electrons. The Morgan fingerprint density at radius 3 is 2.31 bits per heavy atom. The van der Waals surface area contributed by atoms with Crippen molar-refractivity contribution >= 4 is 11.6 Å². The number of benzene rings is 1. The van der Waals surface area contributed by atoms with E-state index in [0.29, 0.717) is 17.8 Å². The Morgan fingerprint density at radius 2 is 1.85 bits per heavy atom. The molecule has 3 rings (SSSR count). The average Bonchev–Trinajstić information content (AvgIpc) is 2.59. The summed E-state index contributed by atoms with van der Waals surface area (Å²) in [4.78, 5) is 15.3. The van der Waals surface area contributed by atoms with Crippen LogP contribution in [0.4, 0.5) is 5.69 Å². The number of hydrogen-bond donors (Lipinski definition) is 1. The second kappa shape index (κ2) is 7.31. The van der Waals surface area contributed by atoms with Gasteiger partial charge in [-0.3, -0.25) is 4.79 Å². The second-order valence-electron chi connectivity index (χ2n) is 9.02. The third-order valence-corrected chi connectivity index (χ3v) is 6.24. The van der Waals surface area contributed by atoms with Crippen LogP contribution in [-0.4, -0.2) is 29.4 Å². The van der Waals surface area contributed by atoms with Gasteiger partial charge in [0.25, 0.3) is 0 Å². The maximum atomic E-state index is 13.3. The number of nitrogens with zero attached hydrogens (tertiary/aromatic N) is 2. The largest absolute Gasteiger partial charge is 0.371 e. The standard InChI is InChI=1S/C22H31N3O/c1-21(2,3)18-10-15-25(16-11-18)20(26)22(12-4-13-22)24-19-7-5-17(6-8-19)9-14-23/h5-8,18,24H,4,9-13,15-16H2,1-3H3. The number of hydrogen-bond acceptors (Lipinski definition) is 3. The Hall–Kier alpha value is -2.02. The van der Waals surface area contributed by atoms with Crippen molar-refractivity contribution < 1.29 is 4.79 Å². The van der Waals surface area contributed by atoms with Gasteiger partial charge in [0.1, 0.15) is 5.54 Å². The summed E-state index contributed by atoms with van der Waals surface area (Å²) in [5, 5.41) is 12.3. The summed E-state index contributed by atoms with van der Waals surface area (Å²) >= 11 is 0. The molecular weight excluding hydrogens is 322 g/mol. The topological polar surface area (TPSA) is 56.1 Å². The lowest BCUT2D eigenvalue weighted by molar-refractivity contribution is -0.140. The van der Waals surface area contributed by atoms with Crippen LogP contribution in [0.5, 0.6) is 0 Å². The molecule has 26 heavy (non-hydrogen) atoms. The van der Waals surface area contributed by atoms with Crippen LogP contribution in [0.25, 0.3) is 0 Å². The number of anilines is 1. The van der Waals surface area contributed by atoms with Gasteiger partial charge in [-0.05, 0) is 61.1 Å². The van der Waals surface area contributed by atoms with Gasteiger partial charge in [-0.25, -0.2) is 0 Å². The summed E-state index contributed by atoms with van der Waals surface area (Å²) in [5.41, 5.74) is 1.89. The van der Waals surface area contributed by atoms with Crippen LogP contribution in [0.1, 0.15) is 58.4 Å². The molecule has 0 atom stereocenters. The Kier molecular flexibility index (Phi) is 5.27. The zero-order chi connectivity index (χ0) is 18.8. The van der Waals surface area contributed by atoms with Crippen molar-refractivity contribution in [1.82, 2.24) is 4.90 Å². The number of carbonyl (C=O) groups is 1. The average molecular weight is 354 g/mol. The van der Waals surface area contributed by atoms with Crippen LogP contribution in [0.15, 0.2) is 24.3 Å². The van der Waals surface area contributed by atoms with Gasteiger partial charge < -0.3 is 10.2 Å². The van der Waals surface area contributed by atoms with Crippen molar-refractivity contribution in [3.8, 4) is 6.07 Å². The number of nitrogens with one attached hydrogen (secondary N) is 1. The SMILES string of the molecule is CC(C)(C)C1CCN(C(=O)C2(Nc3ccc(CC#N)cc3)CCC2)CC1. The lowest BCUT2D eigenvalue weighted by Crippen LogP contribution is -2.59. The van der Waals surface area contributed by atoms with Crippen LogP contribution in [0.2, 0.25) is 0 Å². The minimum atomic E-state index is -0.425. The van der Waals surface area contributed by atoms with Gasteiger partial charge >= 0.3 is 0 Å². The van der Waals surface area contributed by atoms with Gasteiger partial charge in [0, 0.05) is 18.8 Å². The maximum Gasteiger partial charge on any atom is 0.248 e. The molecule has 1 N–H and O–H groups in total. The van der Waals surface area contributed by atoms with Crippen LogP contribution >= 0.6 is 0 Å². The molecule has 4 nitrogen and oxygen atoms in total. The highest BCUT2D eigenvalue weighted by molar-refractivity contribution is 5.90. The number of nitriles is 1. The number of likely N-dealkylation sites (tertiary alicyclic amines) is 1. The van der Waals surface area contributed by atoms with E-state index in [1.54, 1.807) is 0 Å². The Labute approximate surface area is 157 Å². The van der Waals surface area contributed by atoms with E-state index in [2.05, 4.69) is 37.1 Å². The van der Waals surface area contributed by atoms with Crippen LogP contribution in [0.3, 0.4) is 0 Å². The molecule has 2 aliphatic rings. The van der Waals surface area contributed by atoms with Crippen molar-refractivity contribution in [3.05, 3.63) is 29.8 Å². The highest BCUT2D eigenvalue weighted by atomic mass is 16.2. The van der Waals surface area contributed by atoms with E-state index in [1.807, 2.05) is 24.3 Å². The van der Waals surface area contributed by atoms with Crippen molar-refractivity contribution in [2.75, 3.05) is 18.4 Å². The Morgan fingerprint density at radius 1 is 1.23 bits per heavy atom. The highest BCUT2D eigenvalue weighted by Crippen LogP contribution is 2.39. The molecule has 0 radical (unpaired) electrons. The van der Waals surface area contributed by atoms with E-state index in [-0.39, 0.29) is 5.91 Å². The molecule has 0 unspecified atom stereocenters. The summed E-state index contributed by atoms with van der Waals surface area (Å²) < 4.78 is 0. The third kappa shape index (κ3) is 3.87. The van der Waals surface area contributed by atoms with E-state index in [0.717, 1.165) is 56.4 Å². The molecule has 1 aromatic carbocycles. The Bertz CT molecular complexity index is 669. The van der Waals surface area contributed by atoms with Crippen molar-refractivity contribution in [2.24, 2.45) is 11.3 Å². The maximum absolute atomic E-state index is 13.3. The molecule has 1 saturated heterocycles. The molecule has 0 bridgehead atoms. The second-order valence-corrected chi connectivity index (χ2v) is 9.02. The summed E-state index contributed by atoms with van der Waals surface area (Å²) in [6, 6.07) is 10.1. The Balaban J connectivity index is 1.64. The first-order valence-corrected chi connectivity index (χ1v) is 9.87. The smallest absolute Gasteiger partial charge is 0.248 e. The molecule has 1 amide bonds. The first-order chi connectivity index (χ1) is 12.3. The summed E-state index contributed by atoms with van der Waals surface area (Å²) in [7, 11) is 0. The van der Waals surface area contributed by atoms with Gasteiger partial charge in [0.05, 0.1) is 12.5 Å². The van der Waals surface area contributed by atoms with E-state index in [4.69, 9.17) is 5.26 Å². The van der Waals surface area contributed by atoms with Gasteiger partial charge in [0.15, 0.2) is 0 Å². The fourth-order valence-corrected chi connectivity index (χ4v) is 4.25. The summed E-state index contributed by atoms with van der Waals surface area (Å²) in [6.07, 6.45) is 5.55. The molecule has 1 aliphatic heterocycles. The number of rotatable bonds is 4. The molecule has 4 heteroatoms. The van der Waals surface area contributed by atoms with E-state index < -0.39 is 5.54 Å². The van der Waals surface area contributed by atoms with Crippen LogP contribution in [-0.2, 0) is 11.2 Å². The predicted molar refractivity (Wildman–Crippen MR) is 105 cm³/mol. The van der Waals surface area contributed by atoms with E-state index >= 15 is 0 Å². The lowest BCUT2D eigenvalue weighted by Gasteiger charge is -2.47. The van der Waals surface area contributed by atoms with Crippen molar-refractivity contribution in [3.63, 3.8) is 0 Å². The quantitative estimate of drug-likeness (QED) is 0.874. The molecule has 1 saturated carbocycles. The third-order valence-electron chi connectivity index (χ3n) is 6.24. The zero-order valence-electron chi connectivity index (χ0n) is 16.3. The fourth-order valence-electron chi connectivity index (χ4n) is 4.25. The molecule has 1 heterocycles. The minimum absolute atomic E-state index is 0.275. The van der Waals surface area contributed by atoms with E-state index in [9.17, 15) is 4.79 Å². The van der Waals surface area contributed by atoms with Crippen LogP contribution < -0.4 is 5.32 Å². The van der Waals surface area contributed by atoms with Crippen LogP contribution in [0, 0.1) is 22.7 Å². The lowest BCUT2D eigenvalue weighted by atomic mass is 9.73. The molecule has 0 spiro atoms. The van der Waals surface area contributed by atoms with Gasteiger partial charge in [0.2, 0.25) is 5.91 Å². The first-order valence-electron chi connectivity index (χ1n) is 9.87. The monoisotopic (exact) mass is 353 g/mol.